The van der Waals surface area contributed by atoms with Gasteiger partial charge in [-0.1, -0.05) is 43.4 Å². The molecule has 0 saturated heterocycles. The minimum absolute atomic E-state index is 0.131. The molecule has 3 aromatic carbocycles. The van der Waals surface area contributed by atoms with Gasteiger partial charge in [0.15, 0.2) is 11.6 Å². The monoisotopic (exact) mass is 477 g/mol. The van der Waals surface area contributed by atoms with E-state index in [1.165, 1.54) is 12.1 Å². The van der Waals surface area contributed by atoms with Crippen molar-refractivity contribution in [2.24, 2.45) is 4.99 Å². The highest BCUT2D eigenvalue weighted by Crippen LogP contribution is 2.23. The van der Waals surface area contributed by atoms with Crippen molar-refractivity contribution in [1.82, 2.24) is 0 Å². The average molecular weight is 478 g/mol. The summed E-state index contributed by atoms with van der Waals surface area (Å²) in [5.41, 5.74) is 1.08. The van der Waals surface area contributed by atoms with Crippen LogP contribution in [0.25, 0.3) is 0 Å². The molecule has 0 aliphatic heterocycles. The lowest BCUT2D eigenvalue weighted by molar-refractivity contribution is 0.572. The number of hydrogen-bond donors (Lipinski definition) is 0. The van der Waals surface area contributed by atoms with E-state index in [-0.39, 0.29) is 11.1 Å². The molecule has 0 aromatic heterocycles. The summed E-state index contributed by atoms with van der Waals surface area (Å²) in [6, 6.07) is 11.4. The Balaban J connectivity index is 1.75. The highest BCUT2D eigenvalue weighted by Gasteiger charge is 2.10. The van der Waals surface area contributed by atoms with Crippen LogP contribution in [0.2, 0.25) is 0 Å². The number of aryl methyl sites for hydroxylation is 1. The van der Waals surface area contributed by atoms with Gasteiger partial charge in [-0.05, 0) is 79.2 Å². The van der Waals surface area contributed by atoms with Crippen LogP contribution in [0.1, 0.15) is 54.0 Å². The first-order valence-electron chi connectivity index (χ1n) is 10.6. The maximum atomic E-state index is 14.3. The van der Waals surface area contributed by atoms with Gasteiger partial charge < -0.3 is 0 Å². The van der Waals surface area contributed by atoms with Gasteiger partial charge in [-0.2, -0.15) is 4.99 Å². The molecule has 0 atom stereocenters. The highest BCUT2D eigenvalue weighted by molar-refractivity contribution is 7.78. The second-order valence-corrected chi connectivity index (χ2v) is 7.64. The topological polar surface area (TPSA) is 12.4 Å². The average Bonchev–Trinajstić information content (AvgIpc) is 2.80. The van der Waals surface area contributed by atoms with Crippen molar-refractivity contribution >= 4 is 23.1 Å². The van der Waals surface area contributed by atoms with E-state index in [1.54, 1.807) is 24.3 Å². The summed E-state index contributed by atoms with van der Waals surface area (Å²) in [5.74, 6) is 7.64. The molecule has 34 heavy (non-hydrogen) atoms. The summed E-state index contributed by atoms with van der Waals surface area (Å²) in [7, 11) is 0. The smallest absolute Gasteiger partial charge is 0.153 e. The molecule has 0 heterocycles. The molecule has 0 bridgehead atoms. The van der Waals surface area contributed by atoms with E-state index < -0.39 is 29.0 Å². The normalized spacial score (nSPS) is 9.91. The molecule has 0 aliphatic rings. The molecule has 0 unspecified atom stereocenters. The van der Waals surface area contributed by atoms with E-state index >= 15 is 0 Å². The number of isothiocyanates is 1. The Hall–Kier alpha value is -3.70. The van der Waals surface area contributed by atoms with Crippen molar-refractivity contribution in [2.45, 2.75) is 32.6 Å². The third kappa shape index (κ3) is 6.65. The van der Waals surface area contributed by atoms with Crippen LogP contribution in [-0.4, -0.2) is 5.16 Å². The van der Waals surface area contributed by atoms with Crippen LogP contribution >= 0.6 is 12.2 Å². The fourth-order valence-corrected chi connectivity index (χ4v) is 3.27. The lowest BCUT2D eigenvalue weighted by atomic mass is 10.0. The second-order valence-electron chi connectivity index (χ2n) is 7.46. The minimum atomic E-state index is -0.888. The third-order valence-electron chi connectivity index (χ3n) is 4.91. The summed E-state index contributed by atoms with van der Waals surface area (Å²) in [5, 5.41) is 1.93. The van der Waals surface area contributed by atoms with Gasteiger partial charge in [-0.15, -0.1) is 0 Å². The van der Waals surface area contributed by atoms with Crippen molar-refractivity contribution in [2.75, 3.05) is 0 Å². The van der Waals surface area contributed by atoms with Crippen LogP contribution in [0.15, 0.2) is 53.5 Å². The first kappa shape index (κ1) is 24.9. The summed E-state index contributed by atoms with van der Waals surface area (Å²) in [6.45, 7) is 2.07. The second kappa shape index (κ2) is 12.0. The molecule has 0 spiro atoms. The lowest BCUT2D eigenvalue weighted by Gasteiger charge is -2.04. The molecule has 3 aromatic rings. The Morgan fingerprint density at radius 2 is 1.24 bits per heavy atom. The number of nitrogens with zero attached hydrogens (tertiary/aromatic N) is 1. The van der Waals surface area contributed by atoms with E-state index in [2.05, 4.69) is 47.8 Å². The van der Waals surface area contributed by atoms with E-state index in [0.717, 1.165) is 31.4 Å². The number of benzene rings is 3. The van der Waals surface area contributed by atoms with Crippen molar-refractivity contribution < 1.29 is 17.6 Å². The molecule has 0 radical (unpaired) electrons. The van der Waals surface area contributed by atoms with Gasteiger partial charge >= 0.3 is 0 Å². The third-order valence-corrected chi connectivity index (χ3v) is 5.00. The van der Waals surface area contributed by atoms with Gasteiger partial charge in [-0.3, -0.25) is 0 Å². The Kier molecular flexibility index (Phi) is 8.77. The molecule has 6 heteroatoms. The zero-order valence-electron chi connectivity index (χ0n) is 18.3. The predicted molar refractivity (Wildman–Crippen MR) is 129 cm³/mol. The van der Waals surface area contributed by atoms with Crippen LogP contribution in [0.5, 0.6) is 0 Å². The number of hydrogen-bond acceptors (Lipinski definition) is 2. The van der Waals surface area contributed by atoms with Crippen molar-refractivity contribution in [3.05, 3.63) is 99.6 Å². The standard InChI is InChI=1S/C28H19F4NS/c1-2-3-4-5-21-14-24(29)23(25(30)15-21)13-12-20-8-6-19(7-9-20)10-11-22-16-26(31)28(33-18-34)27(32)17-22/h6-9,14-17H,2-5H2,1H3. The molecule has 170 valence electrons. The van der Waals surface area contributed by atoms with Gasteiger partial charge in [0.1, 0.15) is 17.3 Å². The maximum Gasteiger partial charge on any atom is 0.153 e. The van der Waals surface area contributed by atoms with E-state index in [4.69, 9.17) is 0 Å². The number of aliphatic imine (C=N–C) groups is 1. The zero-order valence-corrected chi connectivity index (χ0v) is 19.1. The molecule has 3 rings (SSSR count). The minimum Gasteiger partial charge on any atom is -0.206 e. The fourth-order valence-electron chi connectivity index (χ4n) is 3.17. The summed E-state index contributed by atoms with van der Waals surface area (Å²) in [6.07, 6.45) is 3.55. The number of halogens is 4. The Labute approximate surface area is 201 Å². The van der Waals surface area contributed by atoms with Gasteiger partial charge in [0.25, 0.3) is 0 Å². The van der Waals surface area contributed by atoms with Crippen molar-refractivity contribution in [3.63, 3.8) is 0 Å². The molecular weight excluding hydrogens is 458 g/mol. The number of rotatable bonds is 5. The van der Waals surface area contributed by atoms with E-state index in [0.29, 0.717) is 23.1 Å². The summed E-state index contributed by atoms with van der Waals surface area (Å²) in [4.78, 5) is 3.35. The Bertz CT molecular complexity index is 1320. The van der Waals surface area contributed by atoms with Crippen LogP contribution in [0, 0.1) is 47.0 Å². The quantitative estimate of drug-likeness (QED) is 0.122. The first-order valence-corrected chi connectivity index (χ1v) is 11.0. The molecule has 0 saturated carbocycles. The van der Waals surface area contributed by atoms with Crippen molar-refractivity contribution in [1.29, 1.82) is 0 Å². The number of thiocarbonyl (C=S) groups is 1. The highest BCUT2D eigenvalue weighted by atomic mass is 32.1. The van der Waals surface area contributed by atoms with Crippen LogP contribution in [0.3, 0.4) is 0 Å². The molecule has 0 fully saturated rings. The summed E-state index contributed by atoms with van der Waals surface area (Å²) < 4.78 is 56.5. The molecule has 1 nitrogen and oxygen atoms in total. The SMILES string of the molecule is CCCCCc1cc(F)c(C#Cc2ccc(C#Cc3cc(F)c(N=C=S)c(F)c3)cc2)c(F)c1. The van der Waals surface area contributed by atoms with Crippen LogP contribution < -0.4 is 0 Å². The number of unbranched alkanes of at least 4 members (excludes halogenated alkanes) is 2. The van der Waals surface area contributed by atoms with Crippen LogP contribution in [-0.2, 0) is 6.42 Å². The van der Waals surface area contributed by atoms with Crippen LogP contribution in [0.4, 0.5) is 23.2 Å². The van der Waals surface area contributed by atoms with Gasteiger partial charge in [0.05, 0.1) is 10.7 Å². The maximum absolute atomic E-state index is 14.3. The molecule has 0 amide bonds. The summed E-state index contributed by atoms with van der Waals surface area (Å²) >= 11 is 4.37. The largest absolute Gasteiger partial charge is 0.206 e. The zero-order chi connectivity index (χ0) is 24.5. The molecule has 0 aliphatic carbocycles. The van der Waals surface area contributed by atoms with Crippen molar-refractivity contribution in [3.8, 4) is 23.7 Å². The predicted octanol–water partition coefficient (Wildman–Crippen LogP) is 7.51. The fraction of sp³-hybridized carbons (Fsp3) is 0.179. The first-order chi connectivity index (χ1) is 16.4. The Morgan fingerprint density at radius 1 is 0.706 bits per heavy atom. The molecular formula is C28H19F4NS. The molecule has 0 N–H and O–H groups in total. The van der Waals surface area contributed by atoms with E-state index in [9.17, 15) is 17.6 Å². The van der Waals surface area contributed by atoms with Gasteiger partial charge in [0.2, 0.25) is 0 Å². The van der Waals surface area contributed by atoms with Gasteiger partial charge in [0, 0.05) is 16.7 Å². The van der Waals surface area contributed by atoms with Gasteiger partial charge in [-0.25, -0.2) is 17.6 Å². The lowest BCUT2D eigenvalue weighted by Crippen LogP contribution is -1.95. The Morgan fingerprint density at radius 3 is 1.76 bits per heavy atom. The van der Waals surface area contributed by atoms with E-state index in [1.807, 2.05) is 5.16 Å².